The van der Waals surface area contributed by atoms with Gasteiger partial charge in [0.1, 0.15) is 50.4 Å². The van der Waals surface area contributed by atoms with Gasteiger partial charge in [-0.3, -0.25) is 0 Å². The van der Waals surface area contributed by atoms with Gasteiger partial charge in [0.25, 0.3) is 0 Å². The number of rotatable bonds is 6. The van der Waals surface area contributed by atoms with E-state index in [2.05, 4.69) is 112 Å². The predicted octanol–water partition coefficient (Wildman–Crippen LogP) is 3.07. The first-order valence-electron chi connectivity index (χ1n) is 18.4. The molecule has 54 heavy (non-hydrogen) atoms. The van der Waals surface area contributed by atoms with Crippen LogP contribution in [0, 0.1) is 0 Å². The highest BCUT2D eigenvalue weighted by atomic mass is 16.3. The highest BCUT2D eigenvalue weighted by molar-refractivity contribution is 6.68. The molecule has 0 radical (unpaired) electrons. The van der Waals surface area contributed by atoms with E-state index in [4.69, 9.17) is 19.4 Å². The fraction of sp³-hybridized carbons (Fsp3) is 0. The van der Waals surface area contributed by atoms with Crippen LogP contribution in [-0.2, 0) is 0 Å². The van der Waals surface area contributed by atoms with Gasteiger partial charge in [-0.25, -0.2) is 15.0 Å². The molecule has 4 nitrogen and oxygen atoms in total. The quantitative estimate of drug-likeness (QED) is 0.253. The smallest absolute Gasteiger partial charge is 0.164 e. The van der Waals surface area contributed by atoms with Crippen molar-refractivity contribution in [1.29, 1.82) is 0 Å². The Labute approximate surface area is 319 Å². The van der Waals surface area contributed by atoms with Gasteiger partial charge in [-0.15, -0.1) is 16.4 Å². The number of hydrogen-bond donors (Lipinski definition) is 0. The Kier molecular flexibility index (Phi) is 8.43. The largest absolute Gasteiger partial charge is 0.456 e. The predicted molar refractivity (Wildman–Crippen MR) is 241 cm³/mol. The second kappa shape index (κ2) is 13.6. The summed E-state index contributed by atoms with van der Waals surface area (Å²) in [6.07, 6.45) is 0. The first-order valence-corrected chi connectivity index (χ1v) is 18.4. The van der Waals surface area contributed by atoms with E-state index in [1.54, 1.807) is 0 Å². The molecule has 2 aromatic heterocycles. The Morgan fingerprint density at radius 2 is 0.815 bits per heavy atom. The Hall–Kier alpha value is -6.33. The molecule has 0 spiro atoms. The van der Waals surface area contributed by atoms with E-state index in [1.807, 2.05) is 72.8 Å². The lowest BCUT2D eigenvalue weighted by Gasteiger charge is -2.20. The van der Waals surface area contributed by atoms with Crippen LogP contribution in [0.3, 0.4) is 0 Å². The summed E-state index contributed by atoms with van der Waals surface area (Å²) in [7, 11) is 11.2. The highest BCUT2D eigenvalue weighted by Crippen LogP contribution is 2.39. The minimum Gasteiger partial charge on any atom is -0.456 e. The monoisotopic (exact) mass is 687 g/mol. The molecule has 0 unspecified atom stereocenters. The van der Waals surface area contributed by atoms with Gasteiger partial charge < -0.3 is 4.42 Å². The molecule has 7 aromatic carbocycles. The zero-order chi connectivity index (χ0) is 36.9. The topological polar surface area (TPSA) is 51.8 Å². The van der Waals surface area contributed by atoms with E-state index in [9.17, 15) is 0 Å². The SMILES string of the molecule is Bc1c(B)c(B)c(-c2ccc(-c3ccc(-c4cccc5oc6cc(-c7nc(-c8ccccc8)nc(-c8ccccc8)n7)ccc6c45)cc3)cc2)c(B)c1B. The van der Waals surface area contributed by atoms with Crippen molar-refractivity contribution in [3.8, 4) is 67.5 Å². The van der Waals surface area contributed by atoms with E-state index in [0.717, 1.165) is 49.8 Å². The lowest BCUT2D eigenvalue weighted by Crippen LogP contribution is -2.55. The third-order valence-corrected chi connectivity index (χ3v) is 11.2. The summed E-state index contributed by atoms with van der Waals surface area (Å²) in [5.74, 6) is 1.86. The maximum atomic E-state index is 6.51. The van der Waals surface area contributed by atoms with Crippen LogP contribution in [0.15, 0.2) is 150 Å². The van der Waals surface area contributed by atoms with E-state index in [-0.39, 0.29) is 0 Å². The van der Waals surface area contributed by atoms with Crippen LogP contribution in [0.1, 0.15) is 0 Å². The fourth-order valence-corrected chi connectivity index (χ4v) is 7.75. The van der Waals surface area contributed by atoms with Gasteiger partial charge in [0.05, 0.1) is 0 Å². The van der Waals surface area contributed by atoms with Crippen molar-refractivity contribution in [2.24, 2.45) is 0 Å². The van der Waals surface area contributed by atoms with Gasteiger partial charge in [-0.2, -0.15) is 0 Å². The van der Waals surface area contributed by atoms with Crippen LogP contribution in [0.2, 0.25) is 0 Å². The van der Waals surface area contributed by atoms with Crippen molar-refractivity contribution >= 4 is 88.5 Å². The normalized spacial score (nSPS) is 11.3. The zero-order valence-corrected chi connectivity index (χ0v) is 31.1. The third kappa shape index (κ3) is 5.86. The Morgan fingerprint density at radius 1 is 0.352 bits per heavy atom. The van der Waals surface area contributed by atoms with Gasteiger partial charge in [0, 0.05) is 27.5 Å². The summed E-state index contributed by atoms with van der Waals surface area (Å²) in [6, 6.07) is 50.5. The minimum absolute atomic E-state index is 0.600. The Bertz CT molecular complexity index is 2770. The highest BCUT2D eigenvalue weighted by Gasteiger charge is 2.17. The molecule has 0 atom stereocenters. The third-order valence-electron chi connectivity index (χ3n) is 11.2. The molecule has 0 fully saturated rings. The maximum absolute atomic E-state index is 6.51. The molecule has 0 bridgehead atoms. The molecule has 0 saturated heterocycles. The summed E-state index contributed by atoms with van der Waals surface area (Å²) >= 11 is 0. The Morgan fingerprint density at radius 3 is 1.37 bits per heavy atom. The molecular formula is C45H34B5N3O. The molecule has 9 rings (SSSR count). The van der Waals surface area contributed by atoms with Gasteiger partial charge in [-0.05, 0) is 51.6 Å². The van der Waals surface area contributed by atoms with Crippen LogP contribution in [-0.4, -0.2) is 54.2 Å². The summed E-state index contributed by atoms with van der Waals surface area (Å²) in [4.78, 5) is 14.7. The molecule has 9 aromatic rings. The summed E-state index contributed by atoms with van der Waals surface area (Å²) in [6.45, 7) is 0. The average molecular weight is 687 g/mol. The van der Waals surface area contributed by atoms with E-state index < -0.39 is 0 Å². The summed E-state index contributed by atoms with van der Waals surface area (Å²) in [5, 5.41) is 2.15. The minimum atomic E-state index is 0.600. The van der Waals surface area contributed by atoms with Gasteiger partial charge in [0.2, 0.25) is 0 Å². The molecule has 0 aliphatic heterocycles. The van der Waals surface area contributed by atoms with Crippen LogP contribution in [0.5, 0.6) is 0 Å². The van der Waals surface area contributed by atoms with Crippen LogP contribution in [0.4, 0.5) is 0 Å². The molecule has 0 N–H and O–H groups in total. The van der Waals surface area contributed by atoms with Crippen LogP contribution < -0.4 is 27.3 Å². The lowest BCUT2D eigenvalue weighted by molar-refractivity contribution is 0.669. The van der Waals surface area contributed by atoms with Crippen molar-refractivity contribution in [3.05, 3.63) is 146 Å². The molecule has 2 heterocycles. The number of hydrogen-bond acceptors (Lipinski definition) is 4. The molecule has 0 saturated carbocycles. The van der Waals surface area contributed by atoms with Crippen molar-refractivity contribution < 1.29 is 4.42 Å². The van der Waals surface area contributed by atoms with Gasteiger partial charge in [-0.1, -0.05) is 138 Å². The molecule has 250 valence electrons. The number of fused-ring (bicyclic) bond motifs is 3. The number of benzene rings is 7. The number of furan rings is 1. The van der Waals surface area contributed by atoms with E-state index in [1.165, 1.54) is 49.6 Å². The van der Waals surface area contributed by atoms with Gasteiger partial charge >= 0.3 is 0 Å². The maximum Gasteiger partial charge on any atom is 0.164 e. The fourth-order valence-electron chi connectivity index (χ4n) is 7.75. The first-order chi connectivity index (χ1) is 26.3. The van der Waals surface area contributed by atoms with Crippen LogP contribution >= 0.6 is 0 Å². The summed E-state index contributed by atoms with van der Waals surface area (Å²) < 4.78 is 6.51. The lowest BCUT2D eigenvalue weighted by atomic mass is 9.59. The molecule has 0 amide bonds. The second-order valence-corrected chi connectivity index (χ2v) is 14.2. The van der Waals surface area contributed by atoms with E-state index in [0.29, 0.717) is 17.5 Å². The molecule has 9 heteroatoms. The molecule has 0 aliphatic rings. The summed E-state index contributed by atoms with van der Waals surface area (Å²) in [5.41, 5.74) is 18.5. The van der Waals surface area contributed by atoms with E-state index >= 15 is 0 Å². The second-order valence-electron chi connectivity index (χ2n) is 14.2. The average Bonchev–Trinajstić information content (AvgIpc) is 3.61. The van der Waals surface area contributed by atoms with Crippen molar-refractivity contribution in [3.63, 3.8) is 0 Å². The van der Waals surface area contributed by atoms with Crippen molar-refractivity contribution in [2.75, 3.05) is 0 Å². The standard InChI is InChI=1S/C45H34B5N3O/c46-38-36(39(47)41(49)42(50)40(38)48)28-20-16-26(17-21-28)25-14-18-27(19-15-25)32-12-7-13-34-37(32)33-23-22-31(24-35(33)54-34)45-52-43(29-8-3-1-4-9-29)51-44(53-45)30-10-5-2-6-11-30/h1-24H,46-50H2. The van der Waals surface area contributed by atoms with Crippen LogP contribution in [0.25, 0.3) is 89.5 Å². The molecule has 0 aliphatic carbocycles. The van der Waals surface area contributed by atoms with Crippen molar-refractivity contribution in [1.82, 2.24) is 15.0 Å². The number of aromatic nitrogens is 3. The van der Waals surface area contributed by atoms with Crippen molar-refractivity contribution in [2.45, 2.75) is 0 Å². The Balaban J connectivity index is 1.06. The van der Waals surface area contributed by atoms with Gasteiger partial charge in [0.15, 0.2) is 17.5 Å². The number of nitrogens with zero attached hydrogens (tertiary/aromatic N) is 3. The zero-order valence-electron chi connectivity index (χ0n) is 31.1. The first kappa shape index (κ1) is 33.5. The molecular weight excluding hydrogens is 653 g/mol.